The van der Waals surface area contributed by atoms with Gasteiger partial charge < -0.3 is 15.4 Å². The average Bonchev–Trinajstić information content (AvgIpc) is 3.18. The fourth-order valence-corrected chi connectivity index (χ4v) is 3.75. The molecule has 1 unspecified atom stereocenters. The molecule has 1 atom stereocenters. The number of para-hydroxylation sites is 2. The van der Waals surface area contributed by atoms with Crippen molar-refractivity contribution in [3.8, 4) is 5.75 Å². The van der Waals surface area contributed by atoms with Gasteiger partial charge in [0, 0.05) is 36.0 Å². The summed E-state index contributed by atoms with van der Waals surface area (Å²) in [5.74, 6) is 0.275. The molecule has 146 valence electrons. The van der Waals surface area contributed by atoms with Crippen molar-refractivity contribution in [2.24, 2.45) is 0 Å². The predicted molar refractivity (Wildman–Crippen MR) is 116 cm³/mol. The molecule has 0 radical (unpaired) electrons. The van der Waals surface area contributed by atoms with Gasteiger partial charge in [0.25, 0.3) is 0 Å². The molecular formula is C25H24N2O2. The van der Waals surface area contributed by atoms with Crippen LogP contribution in [0.15, 0.2) is 85.1 Å². The molecule has 1 heterocycles. The Morgan fingerprint density at radius 1 is 0.931 bits per heavy atom. The monoisotopic (exact) mass is 384 g/mol. The maximum absolute atomic E-state index is 12.5. The first-order chi connectivity index (χ1) is 14.2. The number of aromatic nitrogens is 1. The Kier molecular flexibility index (Phi) is 5.61. The number of fused-ring (bicyclic) bond motifs is 1. The second-order valence-electron chi connectivity index (χ2n) is 7.19. The minimum Gasteiger partial charge on any atom is -0.508 e. The van der Waals surface area contributed by atoms with E-state index in [1.54, 1.807) is 12.1 Å². The van der Waals surface area contributed by atoms with E-state index >= 15 is 0 Å². The van der Waals surface area contributed by atoms with Crippen LogP contribution in [0.2, 0.25) is 0 Å². The van der Waals surface area contributed by atoms with E-state index in [-0.39, 0.29) is 17.6 Å². The maximum Gasteiger partial charge on any atom is 0.220 e. The summed E-state index contributed by atoms with van der Waals surface area (Å²) >= 11 is 0. The zero-order valence-electron chi connectivity index (χ0n) is 16.1. The van der Waals surface area contributed by atoms with Crippen molar-refractivity contribution in [1.82, 2.24) is 10.3 Å². The van der Waals surface area contributed by atoms with Gasteiger partial charge in [-0.3, -0.25) is 4.79 Å². The standard InChI is InChI=1S/C25H24N2O2/c28-24-13-7-4-10-19(24)14-15-25(29)27-16-21(18-8-2-1-3-9-18)22-17-26-23-12-6-5-11-20(22)23/h1-13,17,21,26,28H,14-16H2,(H,27,29). The number of carbonyl (C=O) groups is 1. The van der Waals surface area contributed by atoms with Crippen molar-refractivity contribution >= 4 is 16.8 Å². The Balaban J connectivity index is 1.49. The number of aromatic hydroxyl groups is 1. The van der Waals surface area contributed by atoms with E-state index in [2.05, 4.69) is 34.6 Å². The minimum absolute atomic E-state index is 0.0194. The van der Waals surface area contributed by atoms with Gasteiger partial charge in [-0.25, -0.2) is 0 Å². The van der Waals surface area contributed by atoms with Gasteiger partial charge in [0.2, 0.25) is 5.91 Å². The largest absolute Gasteiger partial charge is 0.508 e. The van der Waals surface area contributed by atoms with Gasteiger partial charge in [-0.05, 0) is 35.2 Å². The van der Waals surface area contributed by atoms with Gasteiger partial charge in [0.15, 0.2) is 0 Å². The first-order valence-corrected chi connectivity index (χ1v) is 9.87. The van der Waals surface area contributed by atoms with E-state index in [4.69, 9.17) is 0 Å². The van der Waals surface area contributed by atoms with Crippen LogP contribution in [0.1, 0.15) is 29.0 Å². The lowest BCUT2D eigenvalue weighted by molar-refractivity contribution is -0.121. The second kappa shape index (κ2) is 8.65. The summed E-state index contributed by atoms with van der Waals surface area (Å²) in [5.41, 5.74) is 4.22. The van der Waals surface area contributed by atoms with Gasteiger partial charge in [-0.2, -0.15) is 0 Å². The highest BCUT2D eigenvalue weighted by Crippen LogP contribution is 2.30. The molecule has 29 heavy (non-hydrogen) atoms. The molecule has 4 heteroatoms. The van der Waals surface area contributed by atoms with E-state index in [0.717, 1.165) is 11.1 Å². The number of carbonyl (C=O) groups excluding carboxylic acids is 1. The topological polar surface area (TPSA) is 65.1 Å². The molecule has 0 aliphatic rings. The highest BCUT2D eigenvalue weighted by Gasteiger charge is 2.19. The summed E-state index contributed by atoms with van der Waals surface area (Å²) in [6.45, 7) is 0.519. The summed E-state index contributed by atoms with van der Waals surface area (Å²) in [7, 11) is 0. The number of amides is 1. The van der Waals surface area contributed by atoms with E-state index in [1.807, 2.05) is 48.7 Å². The zero-order valence-corrected chi connectivity index (χ0v) is 16.1. The number of aromatic amines is 1. The van der Waals surface area contributed by atoms with Crippen molar-refractivity contribution in [3.63, 3.8) is 0 Å². The molecule has 0 saturated heterocycles. The zero-order chi connectivity index (χ0) is 20.1. The van der Waals surface area contributed by atoms with E-state index in [0.29, 0.717) is 19.4 Å². The molecule has 3 N–H and O–H groups in total. The molecule has 4 nitrogen and oxygen atoms in total. The lowest BCUT2D eigenvalue weighted by Gasteiger charge is -2.18. The molecule has 1 amide bonds. The third-order valence-electron chi connectivity index (χ3n) is 5.31. The van der Waals surface area contributed by atoms with Gasteiger partial charge in [0.1, 0.15) is 5.75 Å². The van der Waals surface area contributed by atoms with Crippen molar-refractivity contribution < 1.29 is 9.90 Å². The molecule has 4 aromatic rings. The molecule has 0 aliphatic carbocycles. The van der Waals surface area contributed by atoms with E-state index in [1.165, 1.54) is 16.5 Å². The summed E-state index contributed by atoms with van der Waals surface area (Å²) in [4.78, 5) is 15.8. The number of hydrogen-bond donors (Lipinski definition) is 3. The fraction of sp³-hybridized carbons (Fsp3) is 0.160. The molecular weight excluding hydrogens is 360 g/mol. The minimum atomic E-state index is -0.0194. The Morgan fingerprint density at radius 3 is 2.48 bits per heavy atom. The number of hydrogen-bond acceptors (Lipinski definition) is 2. The SMILES string of the molecule is O=C(CCc1ccccc1O)NCC(c1ccccc1)c1c[nH]c2ccccc12. The van der Waals surface area contributed by atoms with Crippen LogP contribution in [-0.4, -0.2) is 22.5 Å². The number of rotatable bonds is 7. The van der Waals surface area contributed by atoms with Gasteiger partial charge in [-0.15, -0.1) is 0 Å². The molecule has 0 fully saturated rings. The number of phenolic OH excluding ortho intramolecular Hbond substituents is 1. The van der Waals surface area contributed by atoms with Crippen LogP contribution < -0.4 is 5.32 Å². The highest BCUT2D eigenvalue weighted by molar-refractivity contribution is 5.84. The molecule has 4 rings (SSSR count). The number of benzene rings is 3. The summed E-state index contributed by atoms with van der Waals surface area (Å²) in [6.07, 6.45) is 2.89. The van der Waals surface area contributed by atoms with Crippen LogP contribution in [0, 0.1) is 0 Å². The van der Waals surface area contributed by atoms with Gasteiger partial charge in [-0.1, -0.05) is 66.7 Å². The quantitative estimate of drug-likeness (QED) is 0.430. The Hall–Kier alpha value is -3.53. The van der Waals surface area contributed by atoms with Crippen molar-refractivity contribution in [2.45, 2.75) is 18.8 Å². The predicted octanol–water partition coefficient (Wildman–Crippen LogP) is 4.75. The van der Waals surface area contributed by atoms with Crippen LogP contribution in [0.4, 0.5) is 0 Å². The lowest BCUT2D eigenvalue weighted by atomic mass is 9.91. The number of aryl methyl sites for hydroxylation is 1. The molecule has 3 aromatic carbocycles. The van der Waals surface area contributed by atoms with Crippen LogP contribution >= 0.6 is 0 Å². The fourth-order valence-electron chi connectivity index (χ4n) is 3.75. The van der Waals surface area contributed by atoms with Gasteiger partial charge in [0.05, 0.1) is 0 Å². The van der Waals surface area contributed by atoms with Crippen LogP contribution in [0.5, 0.6) is 5.75 Å². The van der Waals surface area contributed by atoms with Crippen molar-refractivity contribution in [3.05, 3.63) is 102 Å². The first-order valence-electron chi connectivity index (χ1n) is 9.87. The molecule has 0 spiro atoms. The molecule has 0 aliphatic heterocycles. The molecule has 0 bridgehead atoms. The Morgan fingerprint density at radius 2 is 1.66 bits per heavy atom. The Labute approximate surface area is 170 Å². The third-order valence-corrected chi connectivity index (χ3v) is 5.31. The summed E-state index contributed by atoms with van der Waals surface area (Å²) < 4.78 is 0. The lowest BCUT2D eigenvalue weighted by Crippen LogP contribution is -2.29. The smallest absolute Gasteiger partial charge is 0.220 e. The van der Waals surface area contributed by atoms with Crippen molar-refractivity contribution in [1.29, 1.82) is 0 Å². The van der Waals surface area contributed by atoms with E-state index < -0.39 is 0 Å². The normalized spacial score (nSPS) is 12.0. The van der Waals surface area contributed by atoms with Crippen LogP contribution in [-0.2, 0) is 11.2 Å². The summed E-state index contributed by atoms with van der Waals surface area (Å²) in [5, 5.41) is 14.1. The average molecular weight is 384 g/mol. The number of H-pyrrole nitrogens is 1. The number of phenols is 1. The van der Waals surface area contributed by atoms with E-state index in [9.17, 15) is 9.90 Å². The van der Waals surface area contributed by atoms with Crippen molar-refractivity contribution in [2.75, 3.05) is 6.54 Å². The molecule has 0 saturated carbocycles. The maximum atomic E-state index is 12.5. The highest BCUT2D eigenvalue weighted by atomic mass is 16.3. The first kappa shape index (κ1) is 18.8. The van der Waals surface area contributed by atoms with Crippen LogP contribution in [0.3, 0.4) is 0 Å². The third kappa shape index (κ3) is 4.32. The van der Waals surface area contributed by atoms with Crippen LogP contribution in [0.25, 0.3) is 10.9 Å². The number of nitrogens with one attached hydrogen (secondary N) is 2. The molecule has 1 aromatic heterocycles. The summed E-state index contributed by atoms with van der Waals surface area (Å²) in [6, 6.07) is 25.6. The Bertz CT molecular complexity index is 1100. The van der Waals surface area contributed by atoms with Gasteiger partial charge >= 0.3 is 0 Å². The second-order valence-corrected chi connectivity index (χ2v) is 7.19.